The predicted octanol–water partition coefficient (Wildman–Crippen LogP) is 2.58. The molecule has 4 heterocycles. The van der Waals surface area contributed by atoms with E-state index in [1.54, 1.807) is 0 Å². The van der Waals surface area contributed by atoms with Gasteiger partial charge in [0.15, 0.2) is 0 Å². The molecule has 0 aromatic rings. The molecule has 0 aromatic carbocycles. The van der Waals surface area contributed by atoms with Crippen LogP contribution in [-0.2, 0) is 56.5 Å². The van der Waals surface area contributed by atoms with E-state index >= 15 is 0 Å². The number of hydrogen-bond acceptors (Lipinski definition) is 5. The van der Waals surface area contributed by atoms with Gasteiger partial charge in [0.2, 0.25) is 0 Å². The zero-order chi connectivity index (χ0) is 18.8. The van der Waals surface area contributed by atoms with Crippen molar-refractivity contribution < 1.29 is 56.5 Å². The number of carbonyl (C=O) groups excluding carboxylic acids is 1. The molecule has 0 bridgehead atoms. The molecule has 3 saturated heterocycles. The van der Waals surface area contributed by atoms with Crippen molar-refractivity contribution in [2.24, 2.45) is 22.7 Å². The molecule has 149 valence electrons. The SMILES string of the molecule is CC(C)[C@]12O[C@H]1[C@@H]1O[C@@]13[C@@]1(C)CCC4=C(COC4=O)C1(C)[CH-][C@@H]1O[C@@]13C2C.[Y]. The Balaban J connectivity index is 0.00000156. The third kappa shape index (κ3) is 1.47. The molecular weight excluding hydrogens is 433 g/mol. The molecular formula is C22H27O5Y-. The number of fused-ring (bicyclic) bond motifs is 4. The van der Waals surface area contributed by atoms with E-state index in [1.807, 2.05) is 0 Å². The van der Waals surface area contributed by atoms with Crippen LogP contribution >= 0.6 is 0 Å². The molecule has 9 atom stereocenters. The number of carbonyl (C=O) groups is 1. The first-order chi connectivity index (χ1) is 12.7. The standard InChI is InChI=1S/C22H27O5.Y/c1-10(2)20-11(3)21-14(25-21)8-18(4)13-9-24-17(23)12(13)6-7-19(18,5)22(21)16(27-22)15(20)26-20;/h8,10-11,14-16H,6-7,9H2,1-5H3;/q-1;/t11?,14-,15-,16-,18?,19-,20+,21-,22+;/m0./s1. The molecule has 5 fully saturated rings. The van der Waals surface area contributed by atoms with Crippen molar-refractivity contribution in [2.45, 2.75) is 82.6 Å². The fraction of sp³-hybridized carbons (Fsp3) is 0.818. The molecule has 1 radical (unpaired) electrons. The quantitative estimate of drug-likeness (QED) is 0.342. The summed E-state index contributed by atoms with van der Waals surface area (Å²) in [7, 11) is 0. The van der Waals surface area contributed by atoms with Crippen LogP contribution in [0.15, 0.2) is 11.1 Å². The van der Waals surface area contributed by atoms with Crippen molar-refractivity contribution in [1.29, 1.82) is 0 Å². The first-order valence-electron chi connectivity index (χ1n) is 10.5. The first-order valence-corrected chi connectivity index (χ1v) is 10.5. The topological polar surface area (TPSA) is 63.9 Å². The number of ether oxygens (including phenoxy) is 4. The molecule has 2 unspecified atom stereocenters. The second-order valence-corrected chi connectivity index (χ2v) is 10.6. The molecule has 28 heavy (non-hydrogen) atoms. The normalized spacial score (nSPS) is 61.7. The number of cyclic esters (lactones) is 1. The van der Waals surface area contributed by atoms with Crippen LogP contribution in [0.1, 0.15) is 47.5 Å². The second kappa shape index (κ2) is 4.82. The maximum Gasteiger partial charge on any atom is 0.334 e. The van der Waals surface area contributed by atoms with Crippen LogP contribution in [0.5, 0.6) is 0 Å². The summed E-state index contributed by atoms with van der Waals surface area (Å²) in [5, 5.41) is 0. The number of rotatable bonds is 1. The number of hydrogen-bond donors (Lipinski definition) is 0. The molecule has 0 aromatic heterocycles. The number of epoxide rings is 3. The third-order valence-electron chi connectivity index (χ3n) is 10.1. The van der Waals surface area contributed by atoms with E-state index in [2.05, 4.69) is 41.0 Å². The fourth-order valence-corrected chi connectivity index (χ4v) is 8.34. The van der Waals surface area contributed by atoms with E-state index < -0.39 is 0 Å². The van der Waals surface area contributed by atoms with Crippen LogP contribution in [0, 0.1) is 29.1 Å². The molecule has 2 spiro atoms. The van der Waals surface area contributed by atoms with Gasteiger partial charge in [0.05, 0.1) is 0 Å². The van der Waals surface area contributed by atoms with Gasteiger partial charge in [0.25, 0.3) is 0 Å². The van der Waals surface area contributed by atoms with E-state index in [-0.39, 0.29) is 84.6 Å². The van der Waals surface area contributed by atoms with Gasteiger partial charge in [0, 0.05) is 44.2 Å². The first kappa shape index (κ1) is 18.9. The summed E-state index contributed by atoms with van der Waals surface area (Å²) >= 11 is 0. The number of esters is 1. The van der Waals surface area contributed by atoms with Gasteiger partial charge in [0.1, 0.15) is 35.6 Å². The van der Waals surface area contributed by atoms with Crippen molar-refractivity contribution in [3.05, 3.63) is 17.6 Å². The average molecular weight is 460 g/mol. The Hall–Kier alpha value is 0.194. The Bertz CT molecular complexity index is 869. The van der Waals surface area contributed by atoms with E-state index in [0.29, 0.717) is 18.4 Å². The zero-order valence-corrected chi connectivity index (χ0v) is 20.0. The minimum atomic E-state index is -0.308. The van der Waals surface area contributed by atoms with Crippen molar-refractivity contribution in [2.75, 3.05) is 6.61 Å². The van der Waals surface area contributed by atoms with Crippen molar-refractivity contribution in [3.63, 3.8) is 0 Å². The summed E-state index contributed by atoms with van der Waals surface area (Å²) < 4.78 is 25.2. The fourth-order valence-electron chi connectivity index (χ4n) is 8.34. The minimum Gasteiger partial charge on any atom is -0.458 e. The summed E-state index contributed by atoms with van der Waals surface area (Å²) in [5.41, 5.74) is 1.02. The molecule has 7 aliphatic rings. The summed E-state index contributed by atoms with van der Waals surface area (Å²) in [6.45, 7) is 11.9. The third-order valence-corrected chi connectivity index (χ3v) is 10.1. The van der Waals surface area contributed by atoms with Crippen molar-refractivity contribution in [1.82, 2.24) is 0 Å². The molecule has 6 heteroatoms. The van der Waals surface area contributed by atoms with Gasteiger partial charge in [-0.25, -0.2) is 4.79 Å². The van der Waals surface area contributed by atoms with Crippen LogP contribution in [0.4, 0.5) is 0 Å². The zero-order valence-electron chi connectivity index (χ0n) is 17.2. The smallest absolute Gasteiger partial charge is 0.334 e. The largest absolute Gasteiger partial charge is 0.458 e. The molecule has 4 aliphatic heterocycles. The van der Waals surface area contributed by atoms with Crippen LogP contribution in [0.2, 0.25) is 0 Å². The van der Waals surface area contributed by atoms with Gasteiger partial charge >= 0.3 is 5.97 Å². The van der Waals surface area contributed by atoms with Gasteiger partial charge in [-0.15, -0.1) is 5.41 Å². The molecule has 5 nitrogen and oxygen atoms in total. The molecule has 0 N–H and O–H groups in total. The monoisotopic (exact) mass is 460 g/mol. The van der Waals surface area contributed by atoms with Crippen LogP contribution in [0.25, 0.3) is 0 Å². The van der Waals surface area contributed by atoms with Gasteiger partial charge < -0.3 is 18.9 Å². The van der Waals surface area contributed by atoms with Gasteiger partial charge in [-0.05, 0) is 35.9 Å². The second-order valence-electron chi connectivity index (χ2n) is 10.6. The van der Waals surface area contributed by atoms with Gasteiger partial charge in [-0.1, -0.05) is 34.6 Å². The Kier molecular flexibility index (Phi) is 3.26. The summed E-state index contributed by atoms with van der Waals surface area (Å²) in [6.07, 6.45) is 4.45. The van der Waals surface area contributed by atoms with Crippen LogP contribution in [0.3, 0.4) is 0 Å². The van der Waals surface area contributed by atoms with E-state index in [4.69, 9.17) is 18.9 Å². The van der Waals surface area contributed by atoms with E-state index in [9.17, 15) is 4.79 Å². The summed E-state index contributed by atoms with van der Waals surface area (Å²) in [5.74, 6) is 0.622. The Morgan fingerprint density at radius 1 is 1.14 bits per heavy atom. The average Bonchev–Trinajstić information content (AvgIpc) is 3.49. The summed E-state index contributed by atoms with van der Waals surface area (Å²) in [4.78, 5) is 12.2. The van der Waals surface area contributed by atoms with E-state index in [0.717, 1.165) is 18.4 Å². The van der Waals surface area contributed by atoms with E-state index in [1.165, 1.54) is 5.57 Å². The Morgan fingerprint density at radius 2 is 1.89 bits per heavy atom. The predicted molar refractivity (Wildman–Crippen MR) is 94.5 cm³/mol. The summed E-state index contributed by atoms with van der Waals surface area (Å²) in [6, 6.07) is 0. The van der Waals surface area contributed by atoms with Crippen LogP contribution < -0.4 is 0 Å². The van der Waals surface area contributed by atoms with Gasteiger partial charge in [-0.2, -0.15) is 0 Å². The minimum absolute atomic E-state index is 0. The van der Waals surface area contributed by atoms with Gasteiger partial charge in [-0.3, -0.25) is 6.42 Å². The van der Waals surface area contributed by atoms with Crippen LogP contribution in [-0.4, -0.2) is 47.7 Å². The van der Waals surface area contributed by atoms with Crippen molar-refractivity contribution in [3.8, 4) is 0 Å². The van der Waals surface area contributed by atoms with Crippen molar-refractivity contribution >= 4 is 5.97 Å². The Morgan fingerprint density at radius 3 is 2.61 bits per heavy atom. The molecule has 3 aliphatic carbocycles. The molecule has 2 saturated carbocycles. The molecule has 7 rings (SSSR count). The molecule has 0 amide bonds. The Labute approximate surface area is 191 Å². The maximum atomic E-state index is 12.2. The maximum absolute atomic E-state index is 12.2.